The molecule has 1 aromatic rings. The molecule has 2 N–H and O–H groups in total. The lowest BCUT2D eigenvalue weighted by atomic mass is 10.1. The number of carbonyl (C=O) groups is 1. The maximum atomic E-state index is 14.5. The Labute approximate surface area is 111 Å². The number of hydrogen-bond acceptors (Lipinski definition) is 4. The average Bonchev–Trinajstić information content (AvgIpc) is 2.90. The molecule has 1 fully saturated rings. The van der Waals surface area contributed by atoms with E-state index in [4.69, 9.17) is 15.2 Å². The number of amides is 1. The largest absolute Gasteiger partial charge is 0.493 e. The molecule has 2 rings (SSSR count). The molecule has 0 spiro atoms. The third kappa shape index (κ3) is 2.30. The van der Waals surface area contributed by atoms with Crippen molar-refractivity contribution in [1.29, 1.82) is 0 Å². The molecule has 1 amide bonds. The van der Waals surface area contributed by atoms with E-state index >= 15 is 0 Å². The second-order valence-electron chi connectivity index (χ2n) is 4.38. The van der Waals surface area contributed by atoms with Gasteiger partial charge in [-0.05, 0) is 18.9 Å². The monoisotopic (exact) mass is 268 g/mol. The third-order valence-electron chi connectivity index (χ3n) is 3.27. The van der Waals surface area contributed by atoms with E-state index in [0.717, 1.165) is 12.8 Å². The molecule has 0 radical (unpaired) electrons. The van der Waals surface area contributed by atoms with Gasteiger partial charge in [0.15, 0.2) is 17.3 Å². The van der Waals surface area contributed by atoms with Crippen LogP contribution in [0.2, 0.25) is 0 Å². The quantitative estimate of drug-likeness (QED) is 0.899. The molecule has 0 bridgehead atoms. The highest BCUT2D eigenvalue weighted by Crippen LogP contribution is 2.40. The maximum Gasteiger partial charge on any atom is 0.251 e. The zero-order chi connectivity index (χ0) is 14.0. The molecule has 5 nitrogen and oxygen atoms in total. The van der Waals surface area contributed by atoms with Gasteiger partial charge in [0.1, 0.15) is 0 Å². The number of anilines is 1. The van der Waals surface area contributed by atoms with E-state index in [9.17, 15) is 9.18 Å². The van der Waals surface area contributed by atoms with Gasteiger partial charge in [0.05, 0.1) is 25.5 Å². The fourth-order valence-electron chi connectivity index (χ4n) is 2.38. The van der Waals surface area contributed by atoms with Crippen molar-refractivity contribution in [2.75, 3.05) is 32.2 Å². The maximum absolute atomic E-state index is 14.5. The number of primary amides is 1. The molecule has 1 heterocycles. The summed E-state index contributed by atoms with van der Waals surface area (Å²) in [4.78, 5) is 13.3. The number of ether oxygens (including phenoxy) is 2. The highest BCUT2D eigenvalue weighted by molar-refractivity contribution is 6.00. The first-order valence-electron chi connectivity index (χ1n) is 6.09. The van der Waals surface area contributed by atoms with Gasteiger partial charge in [0.2, 0.25) is 0 Å². The summed E-state index contributed by atoms with van der Waals surface area (Å²) in [5.41, 5.74) is 5.67. The number of nitrogens with zero attached hydrogens (tertiary/aromatic N) is 1. The van der Waals surface area contributed by atoms with Crippen molar-refractivity contribution in [2.24, 2.45) is 5.73 Å². The van der Waals surface area contributed by atoms with Crippen LogP contribution in [0.1, 0.15) is 23.2 Å². The smallest absolute Gasteiger partial charge is 0.251 e. The molecule has 0 atom stereocenters. The van der Waals surface area contributed by atoms with E-state index in [1.54, 1.807) is 0 Å². The zero-order valence-electron chi connectivity index (χ0n) is 11.0. The Morgan fingerprint density at radius 1 is 1.32 bits per heavy atom. The Morgan fingerprint density at radius 3 is 2.42 bits per heavy atom. The summed E-state index contributed by atoms with van der Waals surface area (Å²) in [7, 11) is 2.75. The number of benzene rings is 1. The van der Waals surface area contributed by atoms with Crippen LogP contribution >= 0.6 is 0 Å². The van der Waals surface area contributed by atoms with Crippen LogP contribution in [-0.4, -0.2) is 33.2 Å². The molecule has 0 unspecified atom stereocenters. The molecule has 104 valence electrons. The molecular weight excluding hydrogens is 251 g/mol. The predicted molar refractivity (Wildman–Crippen MR) is 69.5 cm³/mol. The molecule has 1 aliphatic heterocycles. The molecule has 6 heteroatoms. The summed E-state index contributed by atoms with van der Waals surface area (Å²) in [6.07, 6.45) is 1.93. The SMILES string of the molecule is COc1cc(C(N)=O)c(N2CCCC2)c(F)c1OC. The standard InChI is InChI=1S/C13H17FN2O3/c1-18-9-7-8(13(15)17)11(10(14)12(9)19-2)16-5-3-4-6-16/h7H,3-6H2,1-2H3,(H2,15,17). The molecule has 0 aromatic heterocycles. The Kier molecular flexibility index (Phi) is 3.78. The highest BCUT2D eigenvalue weighted by atomic mass is 19.1. The first-order chi connectivity index (χ1) is 9.10. The van der Waals surface area contributed by atoms with Gasteiger partial charge in [-0.1, -0.05) is 0 Å². The molecule has 0 saturated carbocycles. The van der Waals surface area contributed by atoms with Gasteiger partial charge in [-0.3, -0.25) is 4.79 Å². The summed E-state index contributed by atoms with van der Waals surface area (Å²) in [5.74, 6) is -1.12. The number of methoxy groups -OCH3 is 2. The number of hydrogen-bond donors (Lipinski definition) is 1. The fraction of sp³-hybridized carbons (Fsp3) is 0.462. The normalized spacial score (nSPS) is 14.6. The molecule has 19 heavy (non-hydrogen) atoms. The summed E-state index contributed by atoms with van der Waals surface area (Å²) in [5, 5.41) is 0. The van der Waals surface area contributed by atoms with E-state index < -0.39 is 11.7 Å². The molecule has 1 saturated heterocycles. The number of halogens is 1. The first-order valence-corrected chi connectivity index (χ1v) is 6.09. The van der Waals surface area contributed by atoms with Gasteiger partial charge in [0, 0.05) is 13.1 Å². The van der Waals surface area contributed by atoms with Crippen LogP contribution in [0.25, 0.3) is 0 Å². The van der Waals surface area contributed by atoms with Crippen molar-refractivity contribution in [1.82, 2.24) is 0 Å². The number of rotatable bonds is 4. The summed E-state index contributed by atoms with van der Waals surface area (Å²) in [6.45, 7) is 1.40. The molecular formula is C13H17FN2O3. The molecule has 1 aromatic carbocycles. The van der Waals surface area contributed by atoms with Crippen molar-refractivity contribution >= 4 is 11.6 Å². The van der Waals surface area contributed by atoms with Gasteiger partial charge in [-0.2, -0.15) is 0 Å². The van der Waals surface area contributed by atoms with E-state index in [1.165, 1.54) is 20.3 Å². The van der Waals surface area contributed by atoms with E-state index in [2.05, 4.69) is 0 Å². The minimum atomic E-state index is -0.679. The van der Waals surface area contributed by atoms with Gasteiger partial charge < -0.3 is 20.1 Å². The second kappa shape index (κ2) is 5.34. The summed E-state index contributed by atoms with van der Waals surface area (Å²) >= 11 is 0. The lowest BCUT2D eigenvalue weighted by Crippen LogP contribution is -2.25. The minimum absolute atomic E-state index is 0.00519. The Bertz CT molecular complexity index is 499. The van der Waals surface area contributed by atoms with Crippen LogP contribution in [0.5, 0.6) is 11.5 Å². The van der Waals surface area contributed by atoms with Gasteiger partial charge in [0.25, 0.3) is 5.91 Å². The number of carbonyl (C=O) groups excluding carboxylic acids is 1. The minimum Gasteiger partial charge on any atom is -0.493 e. The lowest BCUT2D eigenvalue weighted by Gasteiger charge is -2.23. The Balaban J connectivity index is 2.63. The van der Waals surface area contributed by atoms with E-state index in [-0.39, 0.29) is 22.7 Å². The summed E-state index contributed by atoms with van der Waals surface area (Å²) in [6, 6.07) is 1.43. The summed E-state index contributed by atoms with van der Waals surface area (Å²) < 4.78 is 24.6. The highest BCUT2D eigenvalue weighted by Gasteiger charge is 2.27. The Hall–Kier alpha value is -1.98. The van der Waals surface area contributed by atoms with Crippen LogP contribution in [0.4, 0.5) is 10.1 Å². The van der Waals surface area contributed by atoms with Crippen LogP contribution < -0.4 is 20.1 Å². The van der Waals surface area contributed by atoms with Crippen LogP contribution in [-0.2, 0) is 0 Å². The van der Waals surface area contributed by atoms with Gasteiger partial charge in [-0.15, -0.1) is 0 Å². The van der Waals surface area contributed by atoms with Crippen LogP contribution in [0.3, 0.4) is 0 Å². The van der Waals surface area contributed by atoms with Crippen LogP contribution in [0, 0.1) is 5.82 Å². The van der Waals surface area contributed by atoms with Crippen LogP contribution in [0.15, 0.2) is 6.07 Å². The Morgan fingerprint density at radius 2 is 1.95 bits per heavy atom. The van der Waals surface area contributed by atoms with Crippen molar-refractivity contribution in [3.05, 3.63) is 17.4 Å². The van der Waals surface area contributed by atoms with Gasteiger partial charge >= 0.3 is 0 Å². The lowest BCUT2D eigenvalue weighted by molar-refractivity contribution is 0.1000. The van der Waals surface area contributed by atoms with Crippen molar-refractivity contribution in [3.63, 3.8) is 0 Å². The van der Waals surface area contributed by atoms with Crippen molar-refractivity contribution < 1.29 is 18.7 Å². The van der Waals surface area contributed by atoms with E-state index in [1.807, 2.05) is 4.90 Å². The second-order valence-corrected chi connectivity index (χ2v) is 4.38. The van der Waals surface area contributed by atoms with Crippen molar-refractivity contribution in [2.45, 2.75) is 12.8 Å². The third-order valence-corrected chi connectivity index (χ3v) is 3.27. The average molecular weight is 268 g/mol. The van der Waals surface area contributed by atoms with Crippen molar-refractivity contribution in [3.8, 4) is 11.5 Å². The number of nitrogens with two attached hydrogens (primary N) is 1. The predicted octanol–water partition coefficient (Wildman–Crippen LogP) is 1.54. The topological polar surface area (TPSA) is 64.8 Å². The first kappa shape index (κ1) is 13.5. The van der Waals surface area contributed by atoms with E-state index in [0.29, 0.717) is 13.1 Å². The molecule has 0 aliphatic carbocycles. The van der Waals surface area contributed by atoms with Gasteiger partial charge in [-0.25, -0.2) is 4.39 Å². The molecule has 1 aliphatic rings. The zero-order valence-corrected chi connectivity index (χ0v) is 11.0. The fourth-order valence-corrected chi connectivity index (χ4v) is 2.38.